The molecule has 1 aliphatic carbocycles. The van der Waals surface area contributed by atoms with Gasteiger partial charge in [-0.05, 0) is 43.0 Å². The van der Waals surface area contributed by atoms with Gasteiger partial charge in [-0.15, -0.1) is 0 Å². The molecule has 23 heavy (non-hydrogen) atoms. The van der Waals surface area contributed by atoms with Crippen molar-refractivity contribution in [2.45, 2.75) is 23.8 Å². The van der Waals surface area contributed by atoms with E-state index in [1.165, 1.54) is 4.31 Å². The van der Waals surface area contributed by atoms with Gasteiger partial charge in [0.25, 0.3) is 0 Å². The van der Waals surface area contributed by atoms with Gasteiger partial charge in [0, 0.05) is 32.7 Å². The van der Waals surface area contributed by atoms with Crippen LogP contribution in [0.15, 0.2) is 29.2 Å². The second-order valence-corrected chi connectivity index (χ2v) is 8.22. The summed E-state index contributed by atoms with van der Waals surface area (Å²) >= 11 is 0. The van der Waals surface area contributed by atoms with E-state index in [9.17, 15) is 13.5 Å². The van der Waals surface area contributed by atoms with Crippen LogP contribution in [-0.2, 0) is 10.0 Å². The second kappa shape index (κ2) is 6.76. The average Bonchev–Trinajstić information content (AvgIpc) is 3.40. The van der Waals surface area contributed by atoms with Crippen molar-refractivity contribution in [3.05, 3.63) is 24.3 Å². The summed E-state index contributed by atoms with van der Waals surface area (Å²) in [5, 5.41) is 10.0. The van der Waals surface area contributed by atoms with E-state index < -0.39 is 10.0 Å². The molecule has 1 atom stereocenters. The van der Waals surface area contributed by atoms with E-state index >= 15 is 0 Å². The smallest absolute Gasteiger partial charge is 0.243 e. The Morgan fingerprint density at radius 2 is 1.78 bits per heavy atom. The van der Waals surface area contributed by atoms with Gasteiger partial charge in [-0.25, -0.2) is 8.42 Å². The minimum atomic E-state index is -3.45. The number of hydrogen-bond acceptors (Lipinski definition) is 5. The number of piperazine rings is 1. The lowest BCUT2D eigenvalue weighted by Crippen LogP contribution is -2.50. The molecule has 1 aromatic rings. The van der Waals surface area contributed by atoms with E-state index in [1.54, 1.807) is 31.4 Å². The third-order valence-corrected chi connectivity index (χ3v) is 6.55. The third kappa shape index (κ3) is 3.85. The van der Waals surface area contributed by atoms with E-state index in [0.29, 0.717) is 49.3 Å². The summed E-state index contributed by atoms with van der Waals surface area (Å²) in [6.07, 6.45) is 1.97. The van der Waals surface area contributed by atoms with Gasteiger partial charge in [0.15, 0.2) is 0 Å². The Bertz CT molecular complexity index is 620. The number of methoxy groups -OCH3 is 1. The lowest BCUT2D eigenvalue weighted by atomic mass is 10.2. The first-order valence-corrected chi connectivity index (χ1v) is 9.49. The lowest BCUT2D eigenvalue weighted by Gasteiger charge is -2.35. The van der Waals surface area contributed by atoms with Gasteiger partial charge in [0.05, 0.1) is 18.1 Å². The van der Waals surface area contributed by atoms with Crippen LogP contribution in [0.25, 0.3) is 0 Å². The number of ether oxygens (including phenoxy) is 1. The SMILES string of the molecule is COc1ccc(S(=O)(=O)N2CCN(C[C@H](O)C3CC3)CC2)cc1. The molecule has 1 heterocycles. The van der Waals surface area contributed by atoms with E-state index in [0.717, 1.165) is 12.8 Å². The van der Waals surface area contributed by atoms with Crippen LogP contribution in [0.1, 0.15) is 12.8 Å². The zero-order valence-electron chi connectivity index (χ0n) is 13.4. The molecule has 0 unspecified atom stereocenters. The van der Waals surface area contributed by atoms with Crippen LogP contribution in [0, 0.1) is 5.92 Å². The fraction of sp³-hybridized carbons (Fsp3) is 0.625. The minimum absolute atomic E-state index is 0.264. The fourth-order valence-corrected chi connectivity index (χ4v) is 4.37. The van der Waals surface area contributed by atoms with Gasteiger partial charge in [0.1, 0.15) is 5.75 Å². The molecule has 128 valence electrons. The van der Waals surface area contributed by atoms with Gasteiger partial charge in [-0.3, -0.25) is 4.90 Å². The molecule has 2 fully saturated rings. The predicted octanol–water partition coefficient (Wildman–Crippen LogP) is 0.772. The highest BCUT2D eigenvalue weighted by Crippen LogP contribution is 2.33. The van der Waals surface area contributed by atoms with Crippen molar-refractivity contribution in [2.75, 3.05) is 39.8 Å². The highest BCUT2D eigenvalue weighted by Gasteiger charge is 2.33. The zero-order chi connectivity index (χ0) is 16.4. The molecule has 0 bridgehead atoms. The molecule has 3 rings (SSSR count). The van der Waals surface area contributed by atoms with Crippen molar-refractivity contribution in [1.82, 2.24) is 9.21 Å². The summed E-state index contributed by atoms with van der Waals surface area (Å²) in [5.74, 6) is 1.10. The zero-order valence-corrected chi connectivity index (χ0v) is 14.2. The molecule has 1 saturated heterocycles. The van der Waals surface area contributed by atoms with Crippen LogP contribution >= 0.6 is 0 Å². The van der Waals surface area contributed by atoms with Crippen LogP contribution in [0.2, 0.25) is 0 Å². The van der Waals surface area contributed by atoms with Crippen LogP contribution in [0.4, 0.5) is 0 Å². The summed E-state index contributed by atoms with van der Waals surface area (Å²) in [6.45, 7) is 2.91. The number of sulfonamides is 1. The maximum Gasteiger partial charge on any atom is 0.243 e. The Morgan fingerprint density at radius 1 is 1.17 bits per heavy atom. The number of aliphatic hydroxyl groups excluding tert-OH is 1. The third-order valence-electron chi connectivity index (χ3n) is 4.64. The molecular weight excluding hydrogens is 316 g/mol. The highest BCUT2D eigenvalue weighted by atomic mass is 32.2. The number of aliphatic hydroxyl groups is 1. The largest absolute Gasteiger partial charge is 0.497 e. The Hall–Kier alpha value is -1.15. The molecular formula is C16H24N2O4S. The number of benzene rings is 1. The molecule has 0 aromatic heterocycles. The van der Waals surface area contributed by atoms with Crippen molar-refractivity contribution in [2.24, 2.45) is 5.92 Å². The maximum absolute atomic E-state index is 12.7. The van der Waals surface area contributed by atoms with Gasteiger partial charge < -0.3 is 9.84 Å². The molecule has 2 aliphatic rings. The molecule has 1 N–H and O–H groups in total. The molecule has 1 aliphatic heterocycles. The minimum Gasteiger partial charge on any atom is -0.497 e. The number of β-amino-alcohol motifs (C(OH)–C–C–N with tert-alkyl or cyclic N) is 1. The monoisotopic (exact) mass is 340 g/mol. The standard InChI is InChI=1S/C16H24N2O4S/c1-22-14-4-6-15(7-5-14)23(20,21)18-10-8-17(9-11-18)12-16(19)13-2-3-13/h4-7,13,16,19H,2-3,8-12H2,1H3/t16-/m0/s1. The van der Waals surface area contributed by atoms with Crippen molar-refractivity contribution >= 4 is 10.0 Å². The molecule has 6 nitrogen and oxygen atoms in total. The molecule has 1 saturated carbocycles. The summed E-state index contributed by atoms with van der Waals surface area (Å²) in [5.41, 5.74) is 0. The summed E-state index contributed by atoms with van der Waals surface area (Å²) in [7, 11) is -1.90. The number of hydrogen-bond donors (Lipinski definition) is 1. The van der Waals surface area contributed by atoms with Crippen LogP contribution in [0.5, 0.6) is 5.75 Å². The second-order valence-electron chi connectivity index (χ2n) is 6.29. The first-order valence-electron chi connectivity index (χ1n) is 8.05. The summed E-state index contributed by atoms with van der Waals surface area (Å²) in [4.78, 5) is 2.45. The van der Waals surface area contributed by atoms with Crippen LogP contribution in [0.3, 0.4) is 0 Å². The number of rotatable bonds is 6. The molecule has 0 radical (unpaired) electrons. The van der Waals surface area contributed by atoms with Crippen molar-refractivity contribution in [3.8, 4) is 5.75 Å². The average molecular weight is 340 g/mol. The van der Waals surface area contributed by atoms with Gasteiger partial charge in [-0.1, -0.05) is 0 Å². The Balaban J connectivity index is 1.58. The molecule has 7 heteroatoms. The summed E-state index contributed by atoms with van der Waals surface area (Å²) in [6, 6.07) is 6.49. The molecule has 0 spiro atoms. The van der Waals surface area contributed by atoms with Gasteiger partial charge in [-0.2, -0.15) is 4.31 Å². The first kappa shape index (κ1) is 16.7. The maximum atomic E-state index is 12.7. The van der Waals surface area contributed by atoms with E-state index in [1.807, 2.05) is 0 Å². The Morgan fingerprint density at radius 3 is 2.30 bits per heavy atom. The van der Waals surface area contributed by atoms with Gasteiger partial charge in [0.2, 0.25) is 10.0 Å². The predicted molar refractivity (Wildman–Crippen MR) is 86.9 cm³/mol. The van der Waals surface area contributed by atoms with Crippen molar-refractivity contribution in [1.29, 1.82) is 0 Å². The fourth-order valence-electron chi connectivity index (χ4n) is 2.94. The quantitative estimate of drug-likeness (QED) is 0.828. The first-order chi connectivity index (χ1) is 11.0. The van der Waals surface area contributed by atoms with E-state index in [-0.39, 0.29) is 6.10 Å². The lowest BCUT2D eigenvalue weighted by molar-refractivity contribution is 0.0782. The van der Waals surface area contributed by atoms with Crippen molar-refractivity contribution in [3.63, 3.8) is 0 Å². The molecule has 1 aromatic carbocycles. The van der Waals surface area contributed by atoms with Crippen LogP contribution in [-0.4, -0.2) is 68.7 Å². The van der Waals surface area contributed by atoms with Crippen LogP contribution < -0.4 is 4.74 Å². The Kier molecular flexibility index (Phi) is 4.91. The van der Waals surface area contributed by atoms with Gasteiger partial charge >= 0.3 is 0 Å². The normalized spacial score (nSPS) is 22.0. The van der Waals surface area contributed by atoms with E-state index in [4.69, 9.17) is 4.74 Å². The summed E-state index contributed by atoms with van der Waals surface area (Å²) < 4.78 is 31.9. The molecule has 0 amide bonds. The highest BCUT2D eigenvalue weighted by molar-refractivity contribution is 7.89. The topological polar surface area (TPSA) is 70.1 Å². The van der Waals surface area contributed by atoms with Crippen molar-refractivity contribution < 1.29 is 18.3 Å². The Labute approximate surface area is 137 Å². The number of nitrogens with zero attached hydrogens (tertiary/aromatic N) is 2. The van der Waals surface area contributed by atoms with E-state index in [2.05, 4.69) is 4.90 Å².